The molecule has 0 bridgehead atoms. The number of piperidine rings is 1. The van der Waals surface area contributed by atoms with Crippen LogP contribution in [-0.4, -0.2) is 47.8 Å². The average molecular weight is 555 g/mol. The zero-order chi connectivity index (χ0) is 26.7. The van der Waals surface area contributed by atoms with E-state index in [2.05, 4.69) is 0 Å². The maximum Gasteiger partial charge on any atom is 0.304 e. The summed E-state index contributed by atoms with van der Waals surface area (Å²) in [7, 11) is -3.42. The van der Waals surface area contributed by atoms with Crippen LogP contribution in [0.15, 0.2) is 48.5 Å². The molecule has 196 valence electrons. The van der Waals surface area contributed by atoms with Crippen LogP contribution in [0.3, 0.4) is 0 Å². The van der Waals surface area contributed by atoms with Gasteiger partial charge in [0.05, 0.1) is 23.6 Å². The third-order valence-electron chi connectivity index (χ3n) is 7.39. The second-order valence-corrected chi connectivity index (χ2v) is 12.8. The Balaban J connectivity index is 2.30. The molecule has 4 atom stereocenters. The number of carboxylic acid groups (broad SMARTS) is 1. The zero-order valence-corrected chi connectivity index (χ0v) is 23.1. The number of carboxylic acids is 1. The molecule has 9 heteroatoms. The summed E-state index contributed by atoms with van der Waals surface area (Å²) in [5.74, 6) is -1.91. The number of hydrogen-bond acceptors (Lipinski definition) is 4. The van der Waals surface area contributed by atoms with Gasteiger partial charge in [-0.1, -0.05) is 68.2 Å². The predicted octanol–water partition coefficient (Wildman–Crippen LogP) is 6.14. The maximum absolute atomic E-state index is 14.3. The second-order valence-electron chi connectivity index (χ2n) is 9.54. The second kappa shape index (κ2) is 11.5. The van der Waals surface area contributed by atoms with Crippen molar-refractivity contribution in [2.75, 3.05) is 11.5 Å². The molecule has 0 spiro atoms. The lowest BCUT2D eigenvalue weighted by molar-refractivity contribution is -0.161. The van der Waals surface area contributed by atoms with Gasteiger partial charge in [0.2, 0.25) is 5.91 Å². The molecular formula is C27H33Cl2NO5S. The van der Waals surface area contributed by atoms with Crippen LogP contribution in [0.25, 0.3) is 0 Å². The van der Waals surface area contributed by atoms with Crippen molar-refractivity contribution in [1.29, 1.82) is 0 Å². The van der Waals surface area contributed by atoms with Gasteiger partial charge in [-0.05, 0) is 54.7 Å². The Kier molecular flexibility index (Phi) is 9.12. The topological polar surface area (TPSA) is 91.8 Å². The number of halogens is 2. The predicted molar refractivity (Wildman–Crippen MR) is 143 cm³/mol. The Morgan fingerprint density at radius 2 is 1.75 bits per heavy atom. The van der Waals surface area contributed by atoms with Gasteiger partial charge in [0.25, 0.3) is 0 Å². The third kappa shape index (κ3) is 6.06. The van der Waals surface area contributed by atoms with Crippen molar-refractivity contribution in [3.05, 3.63) is 69.7 Å². The Hall–Kier alpha value is -2.09. The number of likely N-dealkylation sites (tertiary alicyclic amines) is 1. The van der Waals surface area contributed by atoms with Gasteiger partial charge in [-0.3, -0.25) is 9.59 Å². The number of hydrogen-bond donors (Lipinski definition) is 1. The number of benzene rings is 2. The highest BCUT2D eigenvalue weighted by atomic mass is 35.5. The number of aliphatic carboxylic acids is 1. The fraction of sp³-hybridized carbons (Fsp3) is 0.481. The molecule has 1 amide bonds. The summed E-state index contributed by atoms with van der Waals surface area (Å²) in [6.07, 6.45) is 0.691. The van der Waals surface area contributed by atoms with Crippen LogP contribution in [-0.2, 0) is 19.4 Å². The number of nitrogens with zero attached hydrogens (tertiary/aromatic N) is 1. The van der Waals surface area contributed by atoms with Crippen molar-refractivity contribution in [3.63, 3.8) is 0 Å². The number of rotatable bonds is 10. The van der Waals surface area contributed by atoms with Gasteiger partial charge in [0, 0.05) is 27.8 Å². The molecule has 2 aromatic rings. The quantitative estimate of drug-likeness (QED) is 0.381. The Labute approximate surface area is 223 Å². The lowest BCUT2D eigenvalue weighted by Gasteiger charge is -2.52. The molecule has 0 aromatic heterocycles. The molecule has 0 radical (unpaired) electrons. The van der Waals surface area contributed by atoms with Gasteiger partial charge >= 0.3 is 5.97 Å². The first-order valence-electron chi connectivity index (χ1n) is 12.2. The number of carbonyl (C=O) groups excluding carboxylic acids is 1. The summed E-state index contributed by atoms with van der Waals surface area (Å²) >= 11 is 12.5. The minimum absolute atomic E-state index is 0.0388. The summed E-state index contributed by atoms with van der Waals surface area (Å²) < 4.78 is 25.5. The highest BCUT2D eigenvalue weighted by Crippen LogP contribution is 2.53. The molecule has 1 saturated heterocycles. The monoisotopic (exact) mass is 553 g/mol. The SMILES string of the molecule is CCC(CS(=O)(=O)CC)N1C(=O)[C@@](CC)(CC(=O)O)C[C@H](c2cccc(Cl)c2)[C@H]1c1ccc(Cl)cc1. The molecule has 1 unspecified atom stereocenters. The first kappa shape index (κ1) is 28.5. The molecule has 0 aliphatic carbocycles. The van der Waals surface area contributed by atoms with Crippen LogP contribution in [0.2, 0.25) is 10.0 Å². The van der Waals surface area contributed by atoms with E-state index >= 15 is 0 Å². The van der Waals surface area contributed by atoms with Crippen LogP contribution < -0.4 is 0 Å². The Morgan fingerprint density at radius 3 is 2.28 bits per heavy atom. The van der Waals surface area contributed by atoms with Gasteiger partial charge in [0.15, 0.2) is 9.84 Å². The molecule has 36 heavy (non-hydrogen) atoms. The molecule has 1 aliphatic heterocycles. The lowest BCUT2D eigenvalue weighted by Crippen LogP contribution is -2.58. The van der Waals surface area contributed by atoms with E-state index in [4.69, 9.17) is 23.2 Å². The lowest BCUT2D eigenvalue weighted by atomic mass is 9.65. The molecular weight excluding hydrogens is 521 g/mol. The van der Waals surface area contributed by atoms with Gasteiger partial charge < -0.3 is 10.0 Å². The minimum atomic E-state index is -3.42. The van der Waals surface area contributed by atoms with Crippen LogP contribution in [0.4, 0.5) is 0 Å². The molecule has 3 rings (SSSR count). The highest BCUT2D eigenvalue weighted by molar-refractivity contribution is 7.91. The van der Waals surface area contributed by atoms with Crippen LogP contribution in [0.1, 0.15) is 69.5 Å². The first-order chi connectivity index (χ1) is 17.0. The van der Waals surface area contributed by atoms with Crippen molar-refractivity contribution in [2.45, 2.75) is 64.5 Å². The molecule has 1 aliphatic rings. The van der Waals surface area contributed by atoms with E-state index in [0.29, 0.717) is 29.3 Å². The largest absolute Gasteiger partial charge is 0.481 e. The summed E-state index contributed by atoms with van der Waals surface area (Å²) in [6.45, 7) is 5.27. The Morgan fingerprint density at radius 1 is 1.08 bits per heavy atom. The van der Waals surface area contributed by atoms with E-state index in [1.807, 2.05) is 44.2 Å². The number of amides is 1. The minimum Gasteiger partial charge on any atom is -0.481 e. The summed E-state index contributed by atoms with van der Waals surface area (Å²) in [6, 6.07) is 13.4. The highest BCUT2D eigenvalue weighted by Gasteiger charge is 2.54. The van der Waals surface area contributed by atoms with Crippen molar-refractivity contribution < 1.29 is 23.1 Å². The number of sulfone groups is 1. The zero-order valence-electron chi connectivity index (χ0n) is 20.8. The average Bonchev–Trinajstić information content (AvgIpc) is 2.84. The standard InChI is InChI=1S/C27H33Cl2NO5S/c1-4-22(17-36(34,35)6-3)30-25(18-10-12-20(28)13-11-18)23(19-8-7-9-21(29)14-19)15-27(5-2,26(30)33)16-24(31)32/h7-14,22-23,25H,4-6,15-17H2,1-3H3,(H,31,32)/t22?,23-,25-,27-/m1/s1. The molecule has 0 saturated carbocycles. The van der Waals surface area contributed by atoms with E-state index in [-0.39, 0.29) is 29.8 Å². The van der Waals surface area contributed by atoms with Gasteiger partial charge in [-0.2, -0.15) is 0 Å². The van der Waals surface area contributed by atoms with E-state index in [0.717, 1.165) is 11.1 Å². The van der Waals surface area contributed by atoms with E-state index in [1.165, 1.54) is 0 Å². The summed E-state index contributed by atoms with van der Waals surface area (Å²) in [4.78, 5) is 27.9. The number of carbonyl (C=O) groups is 2. The van der Waals surface area contributed by atoms with Crippen LogP contribution >= 0.6 is 23.2 Å². The molecule has 2 aromatic carbocycles. The fourth-order valence-corrected chi connectivity index (χ4v) is 6.90. The molecule has 1 heterocycles. The van der Waals surface area contributed by atoms with E-state index in [9.17, 15) is 23.1 Å². The first-order valence-corrected chi connectivity index (χ1v) is 14.8. The van der Waals surface area contributed by atoms with Crippen molar-refractivity contribution in [2.24, 2.45) is 5.41 Å². The van der Waals surface area contributed by atoms with Gasteiger partial charge in [0.1, 0.15) is 0 Å². The normalized spacial score (nSPS) is 23.5. The van der Waals surface area contributed by atoms with Crippen LogP contribution in [0, 0.1) is 5.41 Å². The van der Waals surface area contributed by atoms with Gasteiger partial charge in [-0.15, -0.1) is 0 Å². The summed E-state index contributed by atoms with van der Waals surface area (Å²) in [5, 5.41) is 10.9. The molecule has 1 N–H and O–H groups in total. The van der Waals surface area contributed by atoms with E-state index in [1.54, 1.807) is 30.0 Å². The maximum atomic E-state index is 14.3. The molecule has 1 fully saturated rings. The van der Waals surface area contributed by atoms with Crippen LogP contribution in [0.5, 0.6) is 0 Å². The van der Waals surface area contributed by atoms with E-state index < -0.39 is 33.3 Å². The Bertz CT molecular complexity index is 1200. The van der Waals surface area contributed by atoms with Crippen molar-refractivity contribution >= 4 is 44.9 Å². The van der Waals surface area contributed by atoms with Crippen molar-refractivity contribution in [1.82, 2.24) is 4.90 Å². The fourth-order valence-electron chi connectivity index (χ4n) is 5.36. The van der Waals surface area contributed by atoms with Gasteiger partial charge in [-0.25, -0.2) is 8.42 Å². The third-order valence-corrected chi connectivity index (χ3v) is 9.64. The smallest absolute Gasteiger partial charge is 0.304 e. The van der Waals surface area contributed by atoms with Crippen molar-refractivity contribution in [3.8, 4) is 0 Å². The summed E-state index contributed by atoms with van der Waals surface area (Å²) in [5.41, 5.74) is 0.506. The molecule has 6 nitrogen and oxygen atoms in total.